The summed E-state index contributed by atoms with van der Waals surface area (Å²) in [5.74, 6) is 0. The predicted molar refractivity (Wildman–Crippen MR) is 62.5 cm³/mol. The summed E-state index contributed by atoms with van der Waals surface area (Å²) in [5, 5.41) is 9.99. The van der Waals surface area contributed by atoms with E-state index >= 15 is 0 Å². The molecular weight excluding hydrogens is 256 g/mol. The number of nitrogens with zero attached hydrogens (tertiary/aromatic N) is 2. The van der Waals surface area contributed by atoms with E-state index in [2.05, 4.69) is 32.9 Å². The van der Waals surface area contributed by atoms with Gasteiger partial charge < -0.3 is 10.0 Å². The summed E-state index contributed by atoms with van der Waals surface area (Å²) in [6.07, 6.45) is 5.53. The molecule has 0 radical (unpaired) electrons. The summed E-state index contributed by atoms with van der Waals surface area (Å²) in [4.78, 5) is 6.26. The smallest absolute Gasteiger partial charge is 0.0932 e. The van der Waals surface area contributed by atoms with Crippen molar-refractivity contribution in [3.63, 3.8) is 0 Å². The summed E-state index contributed by atoms with van der Waals surface area (Å²) in [6, 6.07) is 2.60. The third-order valence-corrected chi connectivity index (χ3v) is 3.18. The number of aliphatic hydroxyl groups excluding tert-OH is 1. The van der Waals surface area contributed by atoms with Gasteiger partial charge in [-0.25, -0.2) is 0 Å². The fraction of sp³-hybridized carbons (Fsp3) is 0.545. The molecule has 0 amide bonds. The first-order chi connectivity index (χ1) is 7.16. The Bertz CT molecular complexity index is 341. The number of hydrogen-bond donors (Lipinski definition) is 1. The lowest BCUT2D eigenvalue weighted by Gasteiger charge is -2.20. The van der Waals surface area contributed by atoms with Crippen LogP contribution in [0.25, 0.3) is 0 Å². The van der Waals surface area contributed by atoms with Crippen molar-refractivity contribution >= 4 is 15.9 Å². The largest absolute Gasteiger partial charge is 0.387 e. The van der Waals surface area contributed by atoms with Gasteiger partial charge in [-0.05, 0) is 41.9 Å². The van der Waals surface area contributed by atoms with Gasteiger partial charge in [-0.3, -0.25) is 4.98 Å². The molecular formula is C11H15BrN2O. The monoisotopic (exact) mass is 270 g/mol. The molecule has 1 aromatic heterocycles. The van der Waals surface area contributed by atoms with Crippen molar-refractivity contribution in [2.24, 2.45) is 0 Å². The van der Waals surface area contributed by atoms with E-state index in [1.807, 2.05) is 6.07 Å². The van der Waals surface area contributed by atoms with Crippen LogP contribution < -0.4 is 0 Å². The number of pyridine rings is 1. The maximum absolute atomic E-state index is 9.99. The van der Waals surface area contributed by atoms with E-state index < -0.39 is 6.10 Å². The summed E-state index contributed by atoms with van der Waals surface area (Å²) in [5.41, 5.74) is 0.872. The molecule has 1 atom stereocenters. The van der Waals surface area contributed by atoms with Gasteiger partial charge in [0.15, 0.2) is 0 Å². The minimum Gasteiger partial charge on any atom is -0.387 e. The lowest BCUT2D eigenvalue weighted by atomic mass is 10.1. The molecule has 1 aliphatic rings. The zero-order chi connectivity index (χ0) is 10.8. The van der Waals surface area contributed by atoms with Crippen molar-refractivity contribution in [3.05, 3.63) is 28.5 Å². The average molecular weight is 271 g/mol. The van der Waals surface area contributed by atoms with E-state index in [0.29, 0.717) is 12.6 Å². The molecule has 0 aliphatic heterocycles. The van der Waals surface area contributed by atoms with E-state index in [9.17, 15) is 5.11 Å². The highest BCUT2D eigenvalue weighted by molar-refractivity contribution is 9.10. The van der Waals surface area contributed by atoms with Crippen molar-refractivity contribution in [3.8, 4) is 0 Å². The Morgan fingerprint density at radius 1 is 1.60 bits per heavy atom. The molecule has 3 nitrogen and oxygen atoms in total. The van der Waals surface area contributed by atoms with Crippen LogP contribution in [0.3, 0.4) is 0 Å². The van der Waals surface area contributed by atoms with Crippen LogP contribution in [0.5, 0.6) is 0 Å². The van der Waals surface area contributed by atoms with Crippen molar-refractivity contribution in [2.45, 2.75) is 25.0 Å². The summed E-state index contributed by atoms with van der Waals surface area (Å²) in [6.45, 7) is 0.683. The molecule has 1 saturated carbocycles. The SMILES string of the molecule is CN(C[C@@H](O)c1cncc(Br)c1)C1CC1. The lowest BCUT2D eigenvalue weighted by Crippen LogP contribution is -2.26. The quantitative estimate of drug-likeness (QED) is 0.909. The Kier molecular flexibility index (Phi) is 3.38. The molecule has 1 heterocycles. The van der Waals surface area contributed by atoms with Crippen molar-refractivity contribution in [2.75, 3.05) is 13.6 Å². The molecule has 1 aromatic rings. The highest BCUT2D eigenvalue weighted by atomic mass is 79.9. The Labute approximate surface area is 98.3 Å². The molecule has 0 unspecified atom stereocenters. The van der Waals surface area contributed by atoms with Gasteiger partial charge in [-0.2, -0.15) is 0 Å². The number of aromatic nitrogens is 1. The fourth-order valence-electron chi connectivity index (χ4n) is 1.65. The molecule has 1 N–H and O–H groups in total. The third kappa shape index (κ3) is 3.00. The standard InChI is InChI=1S/C11H15BrN2O/c1-14(10-2-3-10)7-11(15)8-4-9(12)6-13-5-8/h4-6,10-11,15H,2-3,7H2,1H3/t11-/m1/s1. The van der Waals surface area contributed by atoms with Crippen molar-refractivity contribution in [1.29, 1.82) is 0 Å². The lowest BCUT2D eigenvalue weighted by molar-refractivity contribution is 0.123. The minimum absolute atomic E-state index is 0.444. The maximum atomic E-state index is 9.99. The van der Waals surface area contributed by atoms with E-state index in [-0.39, 0.29) is 0 Å². The molecule has 82 valence electrons. The van der Waals surface area contributed by atoms with Crippen LogP contribution in [0, 0.1) is 0 Å². The highest BCUT2D eigenvalue weighted by Gasteiger charge is 2.27. The van der Waals surface area contributed by atoms with Gasteiger partial charge in [0, 0.05) is 35.0 Å². The molecule has 0 bridgehead atoms. The first-order valence-corrected chi connectivity index (χ1v) is 5.95. The molecule has 15 heavy (non-hydrogen) atoms. The van der Waals surface area contributed by atoms with Crippen LogP contribution in [0.15, 0.2) is 22.9 Å². The highest BCUT2D eigenvalue weighted by Crippen LogP contribution is 2.27. The minimum atomic E-state index is -0.444. The van der Waals surface area contributed by atoms with Crippen LogP contribution in [-0.4, -0.2) is 34.6 Å². The van der Waals surface area contributed by atoms with Gasteiger partial charge in [0.25, 0.3) is 0 Å². The van der Waals surface area contributed by atoms with Gasteiger partial charge in [-0.1, -0.05) is 0 Å². The zero-order valence-corrected chi connectivity index (χ0v) is 10.3. The summed E-state index contributed by atoms with van der Waals surface area (Å²) >= 11 is 3.35. The second kappa shape index (κ2) is 4.60. The van der Waals surface area contributed by atoms with Crippen LogP contribution in [0.2, 0.25) is 0 Å². The fourth-order valence-corrected chi connectivity index (χ4v) is 2.04. The molecule has 1 fully saturated rings. The average Bonchev–Trinajstić information content (AvgIpc) is 3.00. The van der Waals surface area contributed by atoms with E-state index in [1.165, 1.54) is 12.8 Å². The Morgan fingerprint density at radius 3 is 2.93 bits per heavy atom. The van der Waals surface area contributed by atoms with Crippen LogP contribution in [0.1, 0.15) is 24.5 Å². The van der Waals surface area contributed by atoms with E-state index in [0.717, 1.165) is 10.0 Å². The van der Waals surface area contributed by atoms with Gasteiger partial charge in [0.2, 0.25) is 0 Å². The molecule has 0 spiro atoms. The number of hydrogen-bond acceptors (Lipinski definition) is 3. The summed E-state index contributed by atoms with van der Waals surface area (Å²) in [7, 11) is 2.06. The molecule has 4 heteroatoms. The number of rotatable bonds is 4. The van der Waals surface area contributed by atoms with Gasteiger partial charge >= 0.3 is 0 Å². The molecule has 1 aliphatic carbocycles. The summed E-state index contributed by atoms with van der Waals surface area (Å²) < 4.78 is 0.910. The van der Waals surface area contributed by atoms with Crippen LogP contribution in [-0.2, 0) is 0 Å². The maximum Gasteiger partial charge on any atom is 0.0932 e. The van der Waals surface area contributed by atoms with Crippen molar-refractivity contribution < 1.29 is 5.11 Å². The van der Waals surface area contributed by atoms with Crippen molar-refractivity contribution in [1.82, 2.24) is 9.88 Å². The normalized spacial score (nSPS) is 18.1. The van der Waals surface area contributed by atoms with Gasteiger partial charge in [0.1, 0.15) is 0 Å². The van der Waals surface area contributed by atoms with Crippen LogP contribution in [0.4, 0.5) is 0 Å². The topological polar surface area (TPSA) is 36.4 Å². The first-order valence-electron chi connectivity index (χ1n) is 5.15. The Balaban J connectivity index is 1.97. The Hall–Kier alpha value is -0.450. The van der Waals surface area contributed by atoms with E-state index in [1.54, 1.807) is 12.4 Å². The van der Waals surface area contributed by atoms with Crippen LogP contribution >= 0.6 is 15.9 Å². The Morgan fingerprint density at radius 2 is 2.33 bits per heavy atom. The first kappa shape index (κ1) is 11.0. The number of likely N-dealkylation sites (N-methyl/N-ethyl adjacent to an activating group) is 1. The second-order valence-electron chi connectivity index (χ2n) is 4.12. The predicted octanol–water partition coefficient (Wildman–Crippen LogP) is 1.97. The second-order valence-corrected chi connectivity index (χ2v) is 5.04. The number of halogens is 1. The zero-order valence-electron chi connectivity index (χ0n) is 8.73. The third-order valence-electron chi connectivity index (χ3n) is 2.74. The van der Waals surface area contributed by atoms with E-state index in [4.69, 9.17) is 0 Å². The molecule has 0 aromatic carbocycles. The molecule has 2 rings (SSSR count). The number of aliphatic hydroxyl groups is 1. The van der Waals surface area contributed by atoms with Gasteiger partial charge in [0.05, 0.1) is 6.10 Å². The van der Waals surface area contributed by atoms with Gasteiger partial charge in [-0.15, -0.1) is 0 Å². The molecule has 0 saturated heterocycles.